The van der Waals surface area contributed by atoms with Crippen molar-refractivity contribution in [2.45, 2.75) is 0 Å². The number of carbonyl (C=O) groups is 1. The smallest absolute Gasteiger partial charge is 0.408 e. The average Bonchev–Trinajstić information content (AvgIpc) is 2.77. The van der Waals surface area contributed by atoms with Crippen LogP contribution < -0.4 is 5.76 Å². The number of aromatic amines is 1. The van der Waals surface area contributed by atoms with Gasteiger partial charge in [0.05, 0.1) is 5.52 Å². The Bertz CT molecular complexity index is 815. The first-order valence-electron chi connectivity index (χ1n) is 5.56. The first-order chi connectivity index (χ1) is 9.13. The van der Waals surface area contributed by atoms with E-state index >= 15 is 0 Å². The van der Waals surface area contributed by atoms with E-state index in [9.17, 15) is 9.59 Å². The summed E-state index contributed by atoms with van der Waals surface area (Å²) in [7, 11) is 0. The SMILES string of the molecule is O=C(c1ccc(Cl)cc1)c1ccc2[nH]c(=O)oc2c1. The third-order valence-electron chi connectivity index (χ3n) is 2.79. The maximum Gasteiger partial charge on any atom is 0.417 e. The van der Waals surface area contributed by atoms with Crippen LogP contribution in [0.5, 0.6) is 0 Å². The molecule has 1 N–H and O–H groups in total. The number of H-pyrrole nitrogens is 1. The van der Waals surface area contributed by atoms with Crippen molar-refractivity contribution in [3.8, 4) is 0 Å². The van der Waals surface area contributed by atoms with E-state index in [0.29, 0.717) is 27.2 Å². The number of hydrogen-bond acceptors (Lipinski definition) is 3. The predicted molar refractivity (Wildman–Crippen MR) is 71.7 cm³/mol. The number of carbonyl (C=O) groups excluding carboxylic acids is 1. The summed E-state index contributed by atoms with van der Waals surface area (Å²) in [5, 5.41) is 0.573. The van der Waals surface area contributed by atoms with E-state index in [1.807, 2.05) is 0 Å². The molecule has 4 nitrogen and oxygen atoms in total. The highest BCUT2D eigenvalue weighted by Crippen LogP contribution is 2.17. The maximum atomic E-state index is 12.2. The molecule has 3 aromatic rings. The molecule has 0 saturated heterocycles. The van der Waals surface area contributed by atoms with Gasteiger partial charge in [-0.2, -0.15) is 0 Å². The molecule has 0 spiro atoms. The molecule has 0 amide bonds. The minimum Gasteiger partial charge on any atom is -0.408 e. The fourth-order valence-electron chi connectivity index (χ4n) is 1.85. The normalized spacial score (nSPS) is 10.8. The molecule has 0 radical (unpaired) electrons. The molecule has 0 aliphatic rings. The molecule has 0 aliphatic carbocycles. The maximum absolute atomic E-state index is 12.2. The van der Waals surface area contributed by atoms with Crippen molar-refractivity contribution < 1.29 is 9.21 Å². The van der Waals surface area contributed by atoms with Gasteiger partial charge >= 0.3 is 5.76 Å². The second kappa shape index (κ2) is 4.40. The van der Waals surface area contributed by atoms with Crippen molar-refractivity contribution in [2.24, 2.45) is 0 Å². The van der Waals surface area contributed by atoms with Gasteiger partial charge in [-0.3, -0.25) is 9.78 Å². The van der Waals surface area contributed by atoms with Crippen LogP contribution in [-0.2, 0) is 0 Å². The Balaban J connectivity index is 2.05. The number of fused-ring (bicyclic) bond motifs is 1. The van der Waals surface area contributed by atoms with Crippen LogP contribution in [0, 0.1) is 0 Å². The monoisotopic (exact) mass is 273 g/mol. The lowest BCUT2D eigenvalue weighted by Crippen LogP contribution is -2.00. The number of halogens is 1. The van der Waals surface area contributed by atoms with Crippen molar-refractivity contribution in [3.05, 3.63) is 69.2 Å². The van der Waals surface area contributed by atoms with Gasteiger partial charge in [-0.25, -0.2) is 4.79 Å². The van der Waals surface area contributed by atoms with Gasteiger partial charge < -0.3 is 4.42 Å². The molecular formula is C14H8ClNO3. The van der Waals surface area contributed by atoms with Crippen molar-refractivity contribution in [1.29, 1.82) is 0 Å². The van der Waals surface area contributed by atoms with Crippen molar-refractivity contribution in [3.63, 3.8) is 0 Å². The summed E-state index contributed by atoms with van der Waals surface area (Å²) < 4.78 is 4.93. The number of aromatic nitrogens is 1. The third kappa shape index (κ3) is 2.18. The second-order valence-electron chi connectivity index (χ2n) is 4.06. The van der Waals surface area contributed by atoms with Gasteiger partial charge in [-0.05, 0) is 42.5 Å². The van der Waals surface area contributed by atoms with Crippen LogP contribution >= 0.6 is 11.6 Å². The number of ketones is 1. The Hall–Kier alpha value is -2.33. The molecule has 0 unspecified atom stereocenters. The molecular weight excluding hydrogens is 266 g/mol. The fraction of sp³-hybridized carbons (Fsp3) is 0. The van der Waals surface area contributed by atoms with Crippen LogP contribution in [0.3, 0.4) is 0 Å². The van der Waals surface area contributed by atoms with Gasteiger partial charge in [0.25, 0.3) is 0 Å². The molecule has 0 saturated carbocycles. The molecule has 0 bridgehead atoms. The lowest BCUT2D eigenvalue weighted by Gasteiger charge is -2.01. The van der Waals surface area contributed by atoms with Crippen LogP contribution in [0.25, 0.3) is 11.1 Å². The first kappa shape index (κ1) is 11.7. The summed E-state index contributed by atoms with van der Waals surface area (Å²) in [6.45, 7) is 0. The molecule has 5 heteroatoms. The Kier molecular flexibility index (Phi) is 2.72. The van der Waals surface area contributed by atoms with Gasteiger partial charge in [-0.1, -0.05) is 11.6 Å². The molecule has 3 rings (SSSR count). The van der Waals surface area contributed by atoms with Gasteiger partial charge in [-0.15, -0.1) is 0 Å². The highest BCUT2D eigenvalue weighted by molar-refractivity contribution is 6.30. The van der Waals surface area contributed by atoms with Gasteiger partial charge in [0.15, 0.2) is 11.4 Å². The Morgan fingerprint density at radius 3 is 2.47 bits per heavy atom. The zero-order chi connectivity index (χ0) is 13.4. The number of nitrogens with one attached hydrogen (secondary N) is 1. The minimum absolute atomic E-state index is 0.151. The van der Waals surface area contributed by atoms with Crippen LogP contribution in [0.1, 0.15) is 15.9 Å². The fourth-order valence-corrected chi connectivity index (χ4v) is 1.98. The Morgan fingerprint density at radius 1 is 1.05 bits per heavy atom. The summed E-state index contributed by atoms with van der Waals surface area (Å²) in [5.74, 6) is -0.687. The van der Waals surface area contributed by atoms with Crippen molar-refractivity contribution in [1.82, 2.24) is 4.98 Å². The first-order valence-corrected chi connectivity index (χ1v) is 5.94. The summed E-state index contributed by atoms with van der Waals surface area (Å²) in [6.07, 6.45) is 0. The summed E-state index contributed by atoms with van der Waals surface area (Å²) >= 11 is 5.78. The molecule has 19 heavy (non-hydrogen) atoms. The van der Waals surface area contributed by atoms with E-state index < -0.39 is 5.76 Å². The standard InChI is InChI=1S/C14H8ClNO3/c15-10-4-1-8(2-5-10)13(17)9-3-6-11-12(7-9)19-14(18)16-11/h1-7H,(H,16,18). The van der Waals surface area contributed by atoms with E-state index in [1.54, 1.807) is 42.5 Å². The number of oxazole rings is 1. The lowest BCUT2D eigenvalue weighted by molar-refractivity contribution is 0.103. The van der Waals surface area contributed by atoms with E-state index in [4.69, 9.17) is 16.0 Å². The molecule has 0 fully saturated rings. The van der Waals surface area contributed by atoms with E-state index in [0.717, 1.165) is 0 Å². The van der Waals surface area contributed by atoms with E-state index in [1.165, 1.54) is 0 Å². The van der Waals surface area contributed by atoms with Gasteiger partial charge in [0, 0.05) is 16.1 Å². The van der Waals surface area contributed by atoms with Crippen molar-refractivity contribution >= 4 is 28.5 Å². The van der Waals surface area contributed by atoms with Crippen LogP contribution in [0.4, 0.5) is 0 Å². The molecule has 0 atom stereocenters. The lowest BCUT2D eigenvalue weighted by atomic mass is 10.0. The summed E-state index contributed by atoms with van der Waals surface area (Å²) in [6, 6.07) is 11.5. The predicted octanol–water partition coefficient (Wildman–Crippen LogP) is 3.01. The quantitative estimate of drug-likeness (QED) is 0.730. The number of hydrogen-bond donors (Lipinski definition) is 1. The molecule has 2 aromatic carbocycles. The van der Waals surface area contributed by atoms with E-state index in [2.05, 4.69) is 4.98 Å². The van der Waals surface area contributed by atoms with Crippen molar-refractivity contribution in [2.75, 3.05) is 0 Å². The molecule has 1 aromatic heterocycles. The van der Waals surface area contributed by atoms with Gasteiger partial charge in [0.2, 0.25) is 0 Å². The number of benzene rings is 2. The second-order valence-corrected chi connectivity index (χ2v) is 4.50. The Morgan fingerprint density at radius 2 is 1.74 bits per heavy atom. The molecule has 1 heterocycles. The highest BCUT2D eigenvalue weighted by Gasteiger charge is 2.11. The largest absolute Gasteiger partial charge is 0.417 e. The third-order valence-corrected chi connectivity index (χ3v) is 3.04. The van der Waals surface area contributed by atoms with Crippen LogP contribution in [0.2, 0.25) is 5.02 Å². The van der Waals surface area contributed by atoms with Crippen LogP contribution in [-0.4, -0.2) is 10.8 Å². The topological polar surface area (TPSA) is 63.1 Å². The average molecular weight is 274 g/mol. The zero-order valence-electron chi connectivity index (χ0n) is 9.64. The molecule has 0 aliphatic heterocycles. The minimum atomic E-state index is -0.536. The summed E-state index contributed by atoms with van der Waals surface area (Å²) in [4.78, 5) is 25.8. The molecule has 94 valence electrons. The zero-order valence-corrected chi connectivity index (χ0v) is 10.4. The summed E-state index contributed by atoms with van der Waals surface area (Å²) in [5.41, 5.74) is 1.92. The van der Waals surface area contributed by atoms with E-state index in [-0.39, 0.29) is 5.78 Å². The van der Waals surface area contributed by atoms with Crippen LogP contribution in [0.15, 0.2) is 51.7 Å². The van der Waals surface area contributed by atoms with Gasteiger partial charge in [0.1, 0.15) is 0 Å². The highest BCUT2D eigenvalue weighted by atomic mass is 35.5. The Labute approximate surface area is 112 Å². The number of rotatable bonds is 2.